The third-order valence-corrected chi connectivity index (χ3v) is 3.09. The fourth-order valence-corrected chi connectivity index (χ4v) is 1.93. The van der Waals surface area contributed by atoms with Crippen molar-refractivity contribution >= 4 is 12.1 Å². The molecule has 1 saturated heterocycles. The van der Waals surface area contributed by atoms with Crippen molar-refractivity contribution in [3.8, 4) is 0 Å². The van der Waals surface area contributed by atoms with Gasteiger partial charge in [0, 0.05) is 7.11 Å². The second-order valence-corrected chi connectivity index (χ2v) is 6.29. The van der Waals surface area contributed by atoms with Crippen LogP contribution in [0.4, 0.5) is 4.79 Å². The molecule has 0 saturated carbocycles. The third kappa shape index (κ3) is 6.21. The molecule has 5 atom stereocenters. The number of aliphatic hydroxyl groups is 3. The van der Waals surface area contributed by atoms with Crippen molar-refractivity contribution in [2.24, 2.45) is 0 Å². The molecule has 0 unspecified atom stereocenters. The number of hydrogen-bond acceptors (Lipinski definition) is 9. The average molecular weight is 351 g/mol. The predicted octanol–water partition coefficient (Wildman–Crippen LogP) is -1.49. The Bertz CT molecular complexity index is 434. The Morgan fingerprint density at radius 2 is 1.75 bits per heavy atom. The monoisotopic (exact) mass is 351 g/mol. The number of alkyl carbamates (subject to hydrolysis) is 1. The van der Waals surface area contributed by atoms with Crippen LogP contribution in [0.2, 0.25) is 0 Å². The molecule has 0 aromatic rings. The molecule has 1 rings (SSSR count). The van der Waals surface area contributed by atoms with Crippen LogP contribution >= 0.6 is 0 Å². The Hall–Kier alpha value is -1.46. The maximum atomic E-state index is 11.6. The molecular weight excluding hydrogens is 326 g/mol. The quantitative estimate of drug-likeness (QED) is 0.435. The molecule has 4 N–H and O–H groups in total. The second kappa shape index (κ2) is 8.58. The Morgan fingerprint density at radius 1 is 1.12 bits per heavy atom. The maximum Gasteiger partial charge on any atom is 0.408 e. The summed E-state index contributed by atoms with van der Waals surface area (Å²) in [6, 6.07) is 0. The summed E-state index contributed by atoms with van der Waals surface area (Å²) in [5, 5.41) is 31.3. The van der Waals surface area contributed by atoms with E-state index < -0.39 is 54.9 Å². The number of amides is 1. The van der Waals surface area contributed by atoms with Gasteiger partial charge in [-0.1, -0.05) is 0 Å². The van der Waals surface area contributed by atoms with Gasteiger partial charge < -0.3 is 39.6 Å². The van der Waals surface area contributed by atoms with E-state index in [0.717, 1.165) is 0 Å². The fourth-order valence-electron chi connectivity index (χ4n) is 1.93. The summed E-state index contributed by atoms with van der Waals surface area (Å²) in [6.45, 7) is 4.21. The van der Waals surface area contributed by atoms with Gasteiger partial charge in [0.2, 0.25) is 0 Å². The summed E-state index contributed by atoms with van der Waals surface area (Å²) in [5.74, 6) is -0.786. The number of ether oxygens (including phenoxy) is 4. The minimum Gasteiger partial charge on any atom is -0.461 e. The highest BCUT2D eigenvalue weighted by atomic mass is 16.7. The van der Waals surface area contributed by atoms with E-state index in [1.165, 1.54) is 7.11 Å². The molecule has 1 aliphatic rings. The zero-order valence-corrected chi connectivity index (χ0v) is 14.1. The molecule has 1 aliphatic heterocycles. The summed E-state index contributed by atoms with van der Waals surface area (Å²) in [4.78, 5) is 23.0. The lowest BCUT2D eigenvalue weighted by Gasteiger charge is -2.39. The maximum absolute atomic E-state index is 11.6. The predicted molar refractivity (Wildman–Crippen MR) is 78.9 cm³/mol. The zero-order valence-electron chi connectivity index (χ0n) is 14.1. The molecule has 1 amide bonds. The molecule has 10 heteroatoms. The molecular formula is C14H25NO9. The zero-order chi connectivity index (χ0) is 18.5. The van der Waals surface area contributed by atoms with Gasteiger partial charge in [-0.2, -0.15) is 0 Å². The third-order valence-electron chi connectivity index (χ3n) is 3.09. The van der Waals surface area contributed by atoms with Crippen LogP contribution in [0.25, 0.3) is 0 Å². The topological polar surface area (TPSA) is 144 Å². The molecule has 0 aliphatic carbocycles. The fraction of sp³-hybridized carbons (Fsp3) is 0.857. The first kappa shape index (κ1) is 20.6. The summed E-state index contributed by atoms with van der Waals surface area (Å²) < 4.78 is 19.8. The van der Waals surface area contributed by atoms with Gasteiger partial charge in [-0.05, 0) is 20.8 Å². The van der Waals surface area contributed by atoms with Crippen molar-refractivity contribution < 1.29 is 43.9 Å². The van der Waals surface area contributed by atoms with E-state index in [1.807, 2.05) is 0 Å². The van der Waals surface area contributed by atoms with Gasteiger partial charge in [0.25, 0.3) is 0 Å². The highest BCUT2D eigenvalue weighted by Crippen LogP contribution is 2.21. The lowest BCUT2D eigenvalue weighted by atomic mass is 9.99. The van der Waals surface area contributed by atoms with Crippen LogP contribution in [0.5, 0.6) is 0 Å². The van der Waals surface area contributed by atoms with Crippen LogP contribution in [0, 0.1) is 0 Å². The number of carbonyl (C=O) groups is 2. The molecule has 0 spiro atoms. The Balaban J connectivity index is 2.39. The standard InChI is InChI=1S/C14H25NO9/c1-14(2,3)24-13(20)15-5-8(16)22-6-7-9(17)10(18)11(19)12(21-4)23-7/h7,9-12,17-19H,5-6H2,1-4H3,(H,15,20)/t7-,9-,10+,11-,12+/m0/s1. The molecule has 0 radical (unpaired) electrons. The van der Waals surface area contributed by atoms with Crippen LogP contribution in [0.3, 0.4) is 0 Å². The van der Waals surface area contributed by atoms with Crippen molar-refractivity contribution in [3.63, 3.8) is 0 Å². The molecule has 0 aromatic carbocycles. The lowest BCUT2D eigenvalue weighted by molar-refractivity contribution is -0.295. The average Bonchev–Trinajstić information content (AvgIpc) is 2.48. The van der Waals surface area contributed by atoms with Crippen LogP contribution in [0.15, 0.2) is 0 Å². The van der Waals surface area contributed by atoms with Crippen molar-refractivity contribution in [1.29, 1.82) is 0 Å². The van der Waals surface area contributed by atoms with E-state index in [0.29, 0.717) is 0 Å². The molecule has 0 aromatic heterocycles. The molecule has 1 heterocycles. The van der Waals surface area contributed by atoms with Gasteiger partial charge in [-0.25, -0.2) is 4.79 Å². The summed E-state index contributed by atoms with van der Waals surface area (Å²) in [5.41, 5.74) is -0.694. The van der Waals surface area contributed by atoms with Gasteiger partial charge in [0.05, 0.1) is 0 Å². The van der Waals surface area contributed by atoms with Gasteiger partial charge in [0.1, 0.15) is 43.2 Å². The smallest absolute Gasteiger partial charge is 0.408 e. The van der Waals surface area contributed by atoms with Crippen LogP contribution in [0.1, 0.15) is 20.8 Å². The molecule has 24 heavy (non-hydrogen) atoms. The number of aliphatic hydroxyl groups excluding tert-OH is 3. The van der Waals surface area contributed by atoms with Gasteiger partial charge in [-0.15, -0.1) is 0 Å². The van der Waals surface area contributed by atoms with Gasteiger partial charge in [0.15, 0.2) is 6.29 Å². The Morgan fingerprint density at radius 3 is 2.29 bits per heavy atom. The van der Waals surface area contributed by atoms with E-state index in [-0.39, 0.29) is 6.61 Å². The number of methoxy groups -OCH3 is 1. The lowest BCUT2D eigenvalue weighted by Crippen LogP contribution is -2.59. The van der Waals surface area contributed by atoms with E-state index >= 15 is 0 Å². The van der Waals surface area contributed by atoms with Crippen LogP contribution in [-0.2, 0) is 23.7 Å². The summed E-state index contributed by atoms with van der Waals surface area (Å²) in [7, 11) is 1.26. The first-order valence-corrected chi connectivity index (χ1v) is 7.40. The largest absolute Gasteiger partial charge is 0.461 e. The number of carbonyl (C=O) groups excluding carboxylic acids is 2. The number of hydrogen-bond donors (Lipinski definition) is 4. The minimum absolute atomic E-state index is 0.389. The van der Waals surface area contributed by atoms with E-state index in [4.69, 9.17) is 18.9 Å². The highest BCUT2D eigenvalue weighted by Gasteiger charge is 2.44. The highest BCUT2D eigenvalue weighted by molar-refractivity contribution is 5.78. The molecule has 140 valence electrons. The van der Waals surface area contributed by atoms with Crippen molar-refractivity contribution in [2.45, 2.75) is 57.1 Å². The minimum atomic E-state index is -1.51. The molecule has 0 bridgehead atoms. The van der Waals surface area contributed by atoms with Crippen LogP contribution < -0.4 is 5.32 Å². The van der Waals surface area contributed by atoms with Crippen molar-refractivity contribution in [1.82, 2.24) is 5.32 Å². The number of esters is 1. The number of rotatable bonds is 5. The van der Waals surface area contributed by atoms with E-state index in [9.17, 15) is 24.9 Å². The Labute approximate surface area is 139 Å². The van der Waals surface area contributed by atoms with Crippen LogP contribution in [-0.4, -0.2) is 84.0 Å². The SMILES string of the molecule is CO[C@@H]1O[C@@H](COC(=O)CNC(=O)OC(C)(C)C)[C@H](O)[C@@H](O)[C@@H]1O. The first-order valence-electron chi connectivity index (χ1n) is 7.40. The molecule has 1 fully saturated rings. The summed E-state index contributed by atoms with van der Waals surface area (Å²) in [6.07, 6.45) is -7.41. The summed E-state index contributed by atoms with van der Waals surface area (Å²) >= 11 is 0. The van der Waals surface area contributed by atoms with Crippen molar-refractivity contribution in [3.05, 3.63) is 0 Å². The molecule has 10 nitrogen and oxygen atoms in total. The van der Waals surface area contributed by atoms with Crippen molar-refractivity contribution in [2.75, 3.05) is 20.3 Å². The second-order valence-electron chi connectivity index (χ2n) is 6.29. The number of nitrogens with one attached hydrogen (secondary N) is 1. The van der Waals surface area contributed by atoms with E-state index in [1.54, 1.807) is 20.8 Å². The van der Waals surface area contributed by atoms with Gasteiger partial charge >= 0.3 is 12.1 Å². The van der Waals surface area contributed by atoms with E-state index in [2.05, 4.69) is 5.32 Å². The first-order chi connectivity index (χ1) is 11.0. The Kier molecular flexibility index (Phi) is 7.36. The van der Waals surface area contributed by atoms with Gasteiger partial charge in [-0.3, -0.25) is 4.79 Å². The normalized spacial score (nSPS) is 30.5.